The molecule has 2 heterocycles. The van der Waals surface area contributed by atoms with Crippen molar-refractivity contribution >= 4 is 46.1 Å². The molecule has 1 aromatic heterocycles. The highest BCUT2D eigenvalue weighted by Crippen LogP contribution is 2.19. The number of halogens is 1. The minimum absolute atomic E-state index is 0.0701. The van der Waals surface area contributed by atoms with E-state index in [9.17, 15) is 9.59 Å². The van der Waals surface area contributed by atoms with Crippen molar-refractivity contribution in [2.75, 3.05) is 31.9 Å². The molecule has 0 saturated carbocycles. The molecule has 4 rings (SSSR count). The third kappa shape index (κ3) is 6.15. The lowest BCUT2D eigenvalue weighted by atomic mass is 10.1. The maximum atomic E-state index is 12.7. The van der Waals surface area contributed by atoms with E-state index in [1.807, 2.05) is 41.3 Å². The Bertz CT molecular complexity index is 1200. The van der Waals surface area contributed by atoms with Gasteiger partial charge in [0, 0.05) is 36.5 Å². The molecule has 3 aromatic rings. The van der Waals surface area contributed by atoms with Crippen LogP contribution in [0.25, 0.3) is 17.0 Å². The summed E-state index contributed by atoms with van der Waals surface area (Å²) in [5.41, 5.74) is 8.58. The summed E-state index contributed by atoms with van der Waals surface area (Å²) in [7, 11) is 0. The molecule has 8 heteroatoms. The van der Waals surface area contributed by atoms with Crippen molar-refractivity contribution in [1.29, 1.82) is 0 Å². The van der Waals surface area contributed by atoms with Crippen LogP contribution >= 0.6 is 11.6 Å². The Kier molecular flexibility index (Phi) is 7.32. The van der Waals surface area contributed by atoms with Gasteiger partial charge < -0.3 is 10.6 Å². The Labute approximate surface area is 197 Å². The van der Waals surface area contributed by atoms with E-state index in [1.54, 1.807) is 18.2 Å². The lowest BCUT2D eigenvalue weighted by Gasteiger charge is -2.34. The van der Waals surface area contributed by atoms with Crippen LogP contribution in [0, 0.1) is 0 Å². The van der Waals surface area contributed by atoms with Crippen LogP contribution in [0.4, 0.5) is 5.82 Å². The maximum absolute atomic E-state index is 12.7. The molecule has 33 heavy (non-hydrogen) atoms. The van der Waals surface area contributed by atoms with Crippen LogP contribution in [0.1, 0.15) is 24.0 Å². The van der Waals surface area contributed by atoms with Crippen molar-refractivity contribution in [3.05, 3.63) is 71.0 Å². The molecule has 0 spiro atoms. The maximum Gasteiger partial charge on any atom is 0.237 e. The highest BCUT2D eigenvalue weighted by molar-refractivity contribution is 6.30. The van der Waals surface area contributed by atoms with E-state index in [4.69, 9.17) is 17.3 Å². The number of amides is 1. The molecule has 1 fully saturated rings. The standard InChI is InChI=1S/C25H26ClN5O2/c26-20-4-1-3-18(13-20)6-8-21(32)5-2-10-30-11-12-31(24(33)16-30)15-19-7-9-22-23(14-19)28-17-29-25(22)27/h1,3-4,6-9,13-14,17H,2,5,10-12,15-16H2,(H2,27,28,29). The summed E-state index contributed by atoms with van der Waals surface area (Å²) in [4.78, 5) is 37.1. The largest absolute Gasteiger partial charge is 0.383 e. The molecule has 2 N–H and O–H groups in total. The van der Waals surface area contributed by atoms with E-state index >= 15 is 0 Å². The van der Waals surface area contributed by atoms with Gasteiger partial charge in [-0.1, -0.05) is 35.9 Å². The molecule has 170 valence electrons. The van der Waals surface area contributed by atoms with Crippen LogP contribution in [0.15, 0.2) is 54.9 Å². The number of hydrogen-bond acceptors (Lipinski definition) is 6. The highest BCUT2D eigenvalue weighted by Gasteiger charge is 2.23. The number of benzene rings is 2. The van der Waals surface area contributed by atoms with Gasteiger partial charge in [-0.25, -0.2) is 9.97 Å². The number of hydrogen-bond donors (Lipinski definition) is 1. The number of nitrogens with zero attached hydrogens (tertiary/aromatic N) is 4. The van der Waals surface area contributed by atoms with E-state index in [2.05, 4.69) is 14.9 Å². The fourth-order valence-electron chi connectivity index (χ4n) is 3.92. The minimum Gasteiger partial charge on any atom is -0.383 e. The summed E-state index contributed by atoms with van der Waals surface area (Å²) in [6, 6.07) is 13.2. The van der Waals surface area contributed by atoms with Crippen molar-refractivity contribution in [2.45, 2.75) is 19.4 Å². The first-order valence-corrected chi connectivity index (χ1v) is 11.3. The number of fused-ring (bicyclic) bond motifs is 1. The Morgan fingerprint density at radius 2 is 2.03 bits per heavy atom. The molecule has 7 nitrogen and oxygen atoms in total. The van der Waals surface area contributed by atoms with Crippen LogP contribution in [0.5, 0.6) is 0 Å². The molecule has 1 aliphatic heterocycles. The van der Waals surface area contributed by atoms with Gasteiger partial charge in [-0.05, 0) is 54.4 Å². The summed E-state index contributed by atoms with van der Waals surface area (Å²) < 4.78 is 0. The zero-order valence-electron chi connectivity index (χ0n) is 18.3. The van der Waals surface area contributed by atoms with Crippen molar-refractivity contribution in [3.63, 3.8) is 0 Å². The Hall–Kier alpha value is -3.29. The predicted molar refractivity (Wildman–Crippen MR) is 131 cm³/mol. The SMILES string of the molecule is Nc1ncnc2cc(CN3CCN(CCCC(=O)C=Cc4cccc(Cl)c4)CC3=O)ccc12. The number of carbonyl (C=O) groups excluding carboxylic acids is 2. The third-order valence-corrected chi connectivity index (χ3v) is 5.95. The number of rotatable bonds is 8. The zero-order chi connectivity index (χ0) is 23.2. The zero-order valence-corrected chi connectivity index (χ0v) is 19.0. The van der Waals surface area contributed by atoms with Gasteiger partial charge in [0.15, 0.2) is 5.78 Å². The molecule has 0 bridgehead atoms. The van der Waals surface area contributed by atoms with Crippen molar-refractivity contribution in [3.8, 4) is 0 Å². The van der Waals surface area contributed by atoms with E-state index in [0.29, 0.717) is 36.9 Å². The average Bonchev–Trinajstić information content (AvgIpc) is 2.80. The van der Waals surface area contributed by atoms with Gasteiger partial charge in [0.25, 0.3) is 0 Å². The van der Waals surface area contributed by atoms with Gasteiger partial charge >= 0.3 is 0 Å². The first-order valence-electron chi connectivity index (χ1n) is 10.9. The molecule has 2 aromatic carbocycles. The molecule has 0 aliphatic carbocycles. The number of ketones is 1. The number of aromatic nitrogens is 2. The van der Waals surface area contributed by atoms with Crippen LogP contribution in [-0.4, -0.2) is 57.6 Å². The summed E-state index contributed by atoms with van der Waals surface area (Å²) >= 11 is 5.96. The summed E-state index contributed by atoms with van der Waals surface area (Å²) in [5.74, 6) is 0.617. The monoisotopic (exact) mass is 463 g/mol. The smallest absolute Gasteiger partial charge is 0.237 e. The van der Waals surface area contributed by atoms with Gasteiger partial charge in [0.2, 0.25) is 5.91 Å². The van der Waals surface area contributed by atoms with E-state index < -0.39 is 0 Å². The van der Waals surface area contributed by atoms with Crippen LogP contribution < -0.4 is 5.73 Å². The van der Waals surface area contributed by atoms with E-state index in [-0.39, 0.29) is 11.7 Å². The first-order chi connectivity index (χ1) is 16.0. The minimum atomic E-state index is 0.0701. The summed E-state index contributed by atoms with van der Waals surface area (Å²) in [5, 5.41) is 1.46. The lowest BCUT2D eigenvalue weighted by molar-refractivity contribution is -0.136. The fraction of sp³-hybridized carbons (Fsp3) is 0.280. The van der Waals surface area contributed by atoms with Crippen LogP contribution in [0.3, 0.4) is 0 Å². The second-order valence-electron chi connectivity index (χ2n) is 8.16. The highest BCUT2D eigenvalue weighted by atomic mass is 35.5. The quantitative estimate of drug-likeness (QED) is 0.513. The fourth-order valence-corrected chi connectivity index (χ4v) is 4.12. The second kappa shape index (κ2) is 10.6. The number of nitrogen functional groups attached to an aromatic ring is 1. The number of allylic oxidation sites excluding steroid dienone is 1. The molecule has 0 unspecified atom stereocenters. The van der Waals surface area contributed by atoms with Gasteiger partial charge in [-0.15, -0.1) is 0 Å². The lowest BCUT2D eigenvalue weighted by Crippen LogP contribution is -2.50. The van der Waals surface area contributed by atoms with Crippen LogP contribution in [0.2, 0.25) is 5.02 Å². The summed E-state index contributed by atoms with van der Waals surface area (Å²) in [6.07, 6.45) is 6.00. The Morgan fingerprint density at radius 3 is 2.85 bits per heavy atom. The van der Waals surface area contributed by atoms with Gasteiger partial charge in [0.05, 0.1) is 12.1 Å². The molecule has 0 atom stereocenters. The number of nitrogens with two attached hydrogens (primary N) is 1. The molecule has 1 saturated heterocycles. The molecule has 1 amide bonds. The molecule has 1 aliphatic rings. The molecular weight excluding hydrogens is 438 g/mol. The molecular formula is C25H26ClN5O2. The van der Waals surface area contributed by atoms with Crippen molar-refractivity contribution in [2.24, 2.45) is 0 Å². The Morgan fingerprint density at radius 1 is 1.15 bits per heavy atom. The first kappa shape index (κ1) is 22.9. The van der Waals surface area contributed by atoms with Crippen molar-refractivity contribution in [1.82, 2.24) is 19.8 Å². The van der Waals surface area contributed by atoms with E-state index in [0.717, 1.165) is 41.5 Å². The van der Waals surface area contributed by atoms with Crippen LogP contribution in [-0.2, 0) is 16.1 Å². The van der Waals surface area contributed by atoms with E-state index in [1.165, 1.54) is 6.33 Å². The number of piperazine rings is 1. The van der Waals surface area contributed by atoms with Gasteiger partial charge in [-0.2, -0.15) is 0 Å². The Balaban J connectivity index is 1.22. The average molecular weight is 464 g/mol. The predicted octanol–water partition coefficient (Wildman–Crippen LogP) is 3.57. The molecule has 0 radical (unpaired) electrons. The summed E-state index contributed by atoms with van der Waals surface area (Å²) in [6.45, 7) is 3.09. The van der Waals surface area contributed by atoms with Gasteiger partial charge in [-0.3, -0.25) is 14.5 Å². The number of anilines is 1. The second-order valence-corrected chi connectivity index (χ2v) is 8.60. The topological polar surface area (TPSA) is 92.4 Å². The van der Waals surface area contributed by atoms with Crippen molar-refractivity contribution < 1.29 is 9.59 Å². The number of carbonyl (C=O) groups is 2. The third-order valence-electron chi connectivity index (χ3n) is 5.71. The van der Waals surface area contributed by atoms with Gasteiger partial charge in [0.1, 0.15) is 12.1 Å². The normalized spacial score (nSPS) is 14.9.